The number of hydrogen-bond donors (Lipinski definition) is 0. The van der Waals surface area contributed by atoms with Gasteiger partial charge in [0.2, 0.25) is 0 Å². The fourth-order valence-electron chi connectivity index (χ4n) is 1.18. The Balaban J connectivity index is 2.64. The van der Waals surface area contributed by atoms with E-state index in [1.54, 1.807) is 0 Å². The van der Waals surface area contributed by atoms with Gasteiger partial charge in [0.15, 0.2) is 0 Å². The predicted molar refractivity (Wildman–Crippen MR) is 50.9 cm³/mol. The largest absolute Gasteiger partial charge is 0.299 e. The Morgan fingerprint density at radius 2 is 1.92 bits per heavy atom. The van der Waals surface area contributed by atoms with Gasteiger partial charge in [0, 0.05) is 12.8 Å². The Morgan fingerprint density at radius 1 is 1.33 bits per heavy atom. The van der Waals surface area contributed by atoms with E-state index in [1.165, 1.54) is 11.1 Å². The summed E-state index contributed by atoms with van der Waals surface area (Å²) in [5.74, 6) is 0.314. The molecule has 0 N–H and O–H groups in total. The number of Topliss-reactive ketones (excluding diaryl/α,β-unsaturated/α-hetero) is 1. The molecule has 64 valence electrons. The van der Waals surface area contributed by atoms with E-state index in [0.717, 1.165) is 0 Å². The highest BCUT2D eigenvalue weighted by atomic mass is 16.1. The zero-order chi connectivity index (χ0) is 8.97. The van der Waals surface area contributed by atoms with Gasteiger partial charge in [0.1, 0.15) is 5.78 Å². The molecule has 0 atom stereocenters. The first-order chi connectivity index (χ1) is 5.74. The van der Waals surface area contributed by atoms with Crippen LogP contribution in [0.3, 0.4) is 0 Å². The van der Waals surface area contributed by atoms with Crippen LogP contribution in [0.5, 0.6) is 0 Å². The lowest BCUT2D eigenvalue weighted by molar-refractivity contribution is -0.118. The van der Waals surface area contributed by atoms with E-state index in [4.69, 9.17) is 0 Å². The van der Waals surface area contributed by atoms with Gasteiger partial charge in [-0.2, -0.15) is 0 Å². The van der Waals surface area contributed by atoms with Crippen molar-refractivity contribution in [2.24, 2.45) is 0 Å². The molecule has 0 heterocycles. The normalized spacial score (nSPS) is 14.0. The zero-order valence-corrected chi connectivity index (χ0v) is 7.63. The summed E-state index contributed by atoms with van der Waals surface area (Å²) in [5.41, 5.74) is 2.36. The maximum atomic E-state index is 11.1. The topological polar surface area (TPSA) is 17.1 Å². The van der Waals surface area contributed by atoms with Gasteiger partial charge in [-0.25, -0.2) is 0 Å². The minimum absolute atomic E-state index is 0.314. The Morgan fingerprint density at radius 3 is 2.42 bits per heavy atom. The summed E-state index contributed by atoms with van der Waals surface area (Å²) < 4.78 is 0. The number of ketones is 1. The van der Waals surface area contributed by atoms with Crippen LogP contribution in [0.1, 0.15) is 26.7 Å². The first kappa shape index (κ1) is 8.98. The minimum Gasteiger partial charge on any atom is -0.299 e. The van der Waals surface area contributed by atoms with Crippen molar-refractivity contribution in [3.63, 3.8) is 0 Å². The average molecular weight is 162 g/mol. The highest BCUT2D eigenvalue weighted by Crippen LogP contribution is 2.16. The molecule has 12 heavy (non-hydrogen) atoms. The van der Waals surface area contributed by atoms with E-state index < -0.39 is 0 Å². The molecule has 0 saturated carbocycles. The van der Waals surface area contributed by atoms with Crippen molar-refractivity contribution < 1.29 is 4.79 Å². The van der Waals surface area contributed by atoms with Crippen LogP contribution in [-0.2, 0) is 4.79 Å². The van der Waals surface area contributed by atoms with Crippen molar-refractivity contribution in [1.29, 1.82) is 0 Å². The van der Waals surface area contributed by atoms with Crippen LogP contribution in [0.4, 0.5) is 0 Å². The van der Waals surface area contributed by atoms with Crippen LogP contribution in [0.2, 0.25) is 0 Å². The van der Waals surface area contributed by atoms with Crippen LogP contribution in [0, 0.1) is 0 Å². The van der Waals surface area contributed by atoms with Crippen LogP contribution in [-0.4, -0.2) is 5.78 Å². The lowest BCUT2D eigenvalue weighted by Gasteiger charge is -2.00. The summed E-state index contributed by atoms with van der Waals surface area (Å²) in [7, 11) is 0. The predicted octanol–water partition coefficient (Wildman–Crippen LogP) is 2.80. The molecular formula is C11H14O. The Labute approximate surface area is 73.5 Å². The third kappa shape index (κ3) is 2.19. The quantitative estimate of drug-likeness (QED) is 0.623. The summed E-state index contributed by atoms with van der Waals surface area (Å²) >= 11 is 0. The summed E-state index contributed by atoms with van der Waals surface area (Å²) in [4.78, 5) is 11.1. The molecule has 0 aliphatic heterocycles. The number of carbonyl (C=O) groups is 1. The van der Waals surface area contributed by atoms with Crippen LogP contribution in [0.15, 0.2) is 35.5 Å². The summed E-state index contributed by atoms with van der Waals surface area (Å²) in [6.45, 7) is 3.92. The van der Waals surface area contributed by atoms with Crippen LogP contribution in [0.25, 0.3) is 0 Å². The third-order valence-electron chi connectivity index (χ3n) is 2.01. The van der Waals surface area contributed by atoms with Crippen LogP contribution >= 0.6 is 0 Å². The molecule has 1 aliphatic carbocycles. The zero-order valence-electron chi connectivity index (χ0n) is 7.63. The third-order valence-corrected chi connectivity index (χ3v) is 2.01. The average Bonchev–Trinajstić information content (AvgIpc) is 2.56. The van der Waals surface area contributed by atoms with E-state index in [2.05, 4.69) is 0 Å². The van der Waals surface area contributed by atoms with E-state index in [0.29, 0.717) is 18.6 Å². The molecule has 0 radical (unpaired) electrons. The second kappa shape index (κ2) is 4.05. The standard InChI is InChI=1S/C11H14O/c1-3-11(12)8-9(2)10-6-4-5-7-10/h4-7H,3,8H2,1-2H3. The molecule has 1 aliphatic rings. The molecule has 1 rings (SSSR count). The van der Waals surface area contributed by atoms with Gasteiger partial charge in [0.25, 0.3) is 0 Å². The van der Waals surface area contributed by atoms with Gasteiger partial charge < -0.3 is 0 Å². The number of carbonyl (C=O) groups excluding carboxylic acids is 1. The van der Waals surface area contributed by atoms with E-state index in [9.17, 15) is 4.79 Å². The van der Waals surface area contributed by atoms with E-state index in [1.807, 2.05) is 38.2 Å². The lowest BCUT2D eigenvalue weighted by Crippen LogP contribution is -1.96. The SMILES string of the molecule is CCC(=O)CC(C)=C1C=CC=C1. The van der Waals surface area contributed by atoms with Crippen molar-refractivity contribution in [2.45, 2.75) is 26.7 Å². The van der Waals surface area contributed by atoms with Gasteiger partial charge in [-0.3, -0.25) is 4.79 Å². The maximum absolute atomic E-state index is 11.1. The van der Waals surface area contributed by atoms with Crippen molar-refractivity contribution in [3.8, 4) is 0 Å². The number of hydrogen-bond acceptors (Lipinski definition) is 1. The molecule has 0 unspecified atom stereocenters. The molecule has 0 saturated heterocycles. The first-order valence-corrected chi connectivity index (χ1v) is 4.30. The highest BCUT2D eigenvalue weighted by molar-refractivity contribution is 5.80. The number of allylic oxidation sites excluding steroid dienone is 6. The molecule has 0 fully saturated rings. The molecule has 0 spiro atoms. The van der Waals surface area contributed by atoms with Crippen LogP contribution < -0.4 is 0 Å². The summed E-state index contributed by atoms with van der Waals surface area (Å²) in [5, 5.41) is 0. The van der Waals surface area contributed by atoms with Gasteiger partial charge in [-0.15, -0.1) is 0 Å². The van der Waals surface area contributed by atoms with Gasteiger partial charge in [0.05, 0.1) is 0 Å². The molecule has 0 aromatic rings. The molecule has 1 nitrogen and oxygen atoms in total. The first-order valence-electron chi connectivity index (χ1n) is 4.30. The summed E-state index contributed by atoms with van der Waals surface area (Å²) in [6.07, 6.45) is 9.31. The lowest BCUT2D eigenvalue weighted by atomic mass is 10.0. The van der Waals surface area contributed by atoms with Crippen molar-refractivity contribution in [1.82, 2.24) is 0 Å². The smallest absolute Gasteiger partial charge is 0.136 e. The molecule has 0 amide bonds. The number of rotatable bonds is 3. The Hall–Kier alpha value is -1.11. The molecule has 0 aromatic heterocycles. The molecule has 1 heteroatoms. The fraction of sp³-hybridized carbons (Fsp3) is 0.364. The molecular weight excluding hydrogens is 148 g/mol. The second-order valence-corrected chi connectivity index (χ2v) is 3.02. The molecule has 0 bridgehead atoms. The maximum Gasteiger partial charge on any atom is 0.136 e. The Kier molecular flexibility index (Phi) is 3.03. The van der Waals surface area contributed by atoms with Gasteiger partial charge >= 0.3 is 0 Å². The van der Waals surface area contributed by atoms with Crippen molar-refractivity contribution in [2.75, 3.05) is 0 Å². The monoisotopic (exact) mass is 162 g/mol. The van der Waals surface area contributed by atoms with E-state index in [-0.39, 0.29) is 0 Å². The van der Waals surface area contributed by atoms with Crippen molar-refractivity contribution in [3.05, 3.63) is 35.5 Å². The molecule has 0 aromatic carbocycles. The van der Waals surface area contributed by atoms with Gasteiger partial charge in [-0.05, 0) is 12.5 Å². The Bertz CT molecular complexity index is 253. The fourth-order valence-corrected chi connectivity index (χ4v) is 1.18. The minimum atomic E-state index is 0.314. The highest BCUT2D eigenvalue weighted by Gasteiger charge is 2.03. The van der Waals surface area contributed by atoms with E-state index >= 15 is 0 Å². The van der Waals surface area contributed by atoms with Gasteiger partial charge in [-0.1, -0.05) is 36.8 Å². The summed E-state index contributed by atoms with van der Waals surface area (Å²) in [6, 6.07) is 0. The second-order valence-electron chi connectivity index (χ2n) is 3.02. The van der Waals surface area contributed by atoms with Crippen molar-refractivity contribution >= 4 is 5.78 Å².